The van der Waals surface area contributed by atoms with E-state index in [1.165, 1.54) is 6.07 Å². The topological polar surface area (TPSA) is 76.9 Å². The highest BCUT2D eigenvalue weighted by atomic mass is 19.4. The standard InChI is InChI=1S/C21H25F3N6O/c1-31-18-10-9-16(30-20(21(22,23)24)27-28-29-30)12-15(18)13-26-17-8-5-11-25-19(17)14-6-3-2-4-7-14/h2-4,6,9-10,12,14,17,19,25-26H,5,7-8,11,13H2,1H3/t14?,17-,19-/m0/s1. The second-order valence-electron chi connectivity index (χ2n) is 7.73. The lowest BCUT2D eigenvalue weighted by Crippen LogP contribution is -2.54. The lowest BCUT2D eigenvalue weighted by Gasteiger charge is -2.38. The van der Waals surface area contributed by atoms with Crippen LogP contribution in [0.3, 0.4) is 0 Å². The highest BCUT2D eigenvalue weighted by molar-refractivity contribution is 5.44. The van der Waals surface area contributed by atoms with Crippen LogP contribution in [0.25, 0.3) is 5.69 Å². The summed E-state index contributed by atoms with van der Waals surface area (Å²) in [6.45, 7) is 1.44. The summed E-state index contributed by atoms with van der Waals surface area (Å²) in [5.74, 6) is -0.157. The van der Waals surface area contributed by atoms with Gasteiger partial charge in [0.05, 0.1) is 12.8 Å². The first kappa shape index (κ1) is 21.5. The molecule has 1 aliphatic carbocycles. The molecule has 0 radical (unpaired) electrons. The van der Waals surface area contributed by atoms with E-state index in [0.717, 1.165) is 31.4 Å². The third kappa shape index (κ3) is 4.80. The van der Waals surface area contributed by atoms with E-state index in [0.29, 0.717) is 28.9 Å². The first-order valence-electron chi connectivity index (χ1n) is 10.3. The molecular formula is C21H25F3N6O. The van der Waals surface area contributed by atoms with Gasteiger partial charge >= 0.3 is 6.18 Å². The monoisotopic (exact) mass is 434 g/mol. The minimum Gasteiger partial charge on any atom is -0.496 e. The fourth-order valence-electron chi connectivity index (χ4n) is 4.27. The van der Waals surface area contributed by atoms with Crippen molar-refractivity contribution in [3.05, 3.63) is 53.9 Å². The summed E-state index contributed by atoms with van der Waals surface area (Å²) in [4.78, 5) is 0. The second-order valence-corrected chi connectivity index (χ2v) is 7.73. The first-order valence-corrected chi connectivity index (χ1v) is 10.3. The molecule has 0 spiro atoms. The Labute approximate surface area is 178 Å². The van der Waals surface area contributed by atoms with E-state index in [1.54, 1.807) is 19.2 Å². The Morgan fingerprint density at radius 3 is 2.90 bits per heavy atom. The van der Waals surface area contributed by atoms with E-state index in [2.05, 4.69) is 50.5 Å². The number of nitrogens with one attached hydrogen (secondary N) is 2. The molecule has 166 valence electrons. The van der Waals surface area contributed by atoms with Gasteiger partial charge in [0.2, 0.25) is 0 Å². The van der Waals surface area contributed by atoms with Crippen molar-refractivity contribution in [2.75, 3.05) is 13.7 Å². The van der Waals surface area contributed by atoms with Gasteiger partial charge in [0.1, 0.15) is 5.75 Å². The third-order valence-electron chi connectivity index (χ3n) is 5.77. The average molecular weight is 434 g/mol. The minimum absolute atomic E-state index is 0.230. The normalized spacial score (nSPS) is 23.8. The summed E-state index contributed by atoms with van der Waals surface area (Å²) in [6.07, 6.45) is 6.99. The van der Waals surface area contributed by atoms with Gasteiger partial charge in [-0.15, -0.1) is 5.10 Å². The van der Waals surface area contributed by atoms with Gasteiger partial charge in [-0.25, -0.2) is 0 Å². The molecule has 2 aliphatic rings. The van der Waals surface area contributed by atoms with Crippen molar-refractivity contribution in [1.82, 2.24) is 30.8 Å². The van der Waals surface area contributed by atoms with Crippen molar-refractivity contribution in [2.24, 2.45) is 5.92 Å². The van der Waals surface area contributed by atoms with Crippen LogP contribution < -0.4 is 15.4 Å². The first-order chi connectivity index (χ1) is 15.0. The van der Waals surface area contributed by atoms with Crippen LogP contribution >= 0.6 is 0 Å². The largest absolute Gasteiger partial charge is 0.496 e. The number of piperidine rings is 1. The van der Waals surface area contributed by atoms with Gasteiger partial charge in [-0.3, -0.25) is 0 Å². The Morgan fingerprint density at radius 1 is 1.29 bits per heavy atom. The molecule has 0 saturated carbocycles. The molecule has 2 N–H and O–H groups in total. The molecular weight excluding hydrogens is 409 g/mol. The number of allylic oxidation sites excluding steroid dienone is 3. The van der Waals surface area contributed by atoms with Crippen LogP contribution in [0, 0.1) is 5.92 Å². The van der Waals surface area contributed by atoms with E-state index >= 15 is 0 Å². The average Bonchev–Trinajstić information content (AvgIpc) is 3.29. The number of aromatic nitrogens is 4. The van der Waals surface area contributed by atoms with Crippen molar-refractivity contribution < 1.29 is 17.9 Å². The SMILES string of the molecule is COc1ccc(-n2nnnc2C(F)(F)F)cc1CN[C@H]1CCCN[C@H]1C1C=CC=CC1. The molecule has 0 bridgehead atoms. The van der Waals surface area contributed by atoms with E-state index < -0.39 is 12.0 Å². The number of ether oxygens (including phenoxy) is 1. The molecule has 1 fully saturated rings. The summed E-state index contributed by atoms with van der Waals surface area (Å²) in [6, 6.07) is 5.31. The Hall–Kier alpha value is -2.72. The molecule has 1 aliphatic heterocycles. The second kappa shape index (κ2) is 9.19. The van der Waals surface area contributed by atoms with E-state index in [1.807, 2.05) is 0 Å². The zero-order chi connectivity index (χ0) is 21.8. The third-order valence-corrected chi connectivity index (χ3v) is 5.77. The molecule has 4 rings (SSSR count). The number of tetrazole rings is 1. The predicted octanol–water partition coefficient (Wildman–Crippen LogP) is 3.03. The van der Waals surface area contributed by atoms with Crippen molar-refractivity contribution >= 4 is 0 Å². The van der Waals surface area contributed by atoms with Crippen LogP contribution in [0.2, 0.25) is 0 Å². The van der Waals surface area contributed by atoms with Crippen LogP contribution in [0.1, 0.15) is 30.7 Å². The molecule has 1 unspecified atom stereocenters. The summed E-state index contributed by atoms with van der Waals surface area (Å²) in [5.41, 5.74) is 0.973. The Balaban J connectivity index is 1.54. The number of benzene rings is 1. The molecule has 3 atom stereocenters. The Bertz CT molecular complexity index is 955. The van der Waals surface area contributed by atoms with Crippen LogP contribution in [0.5, 0.6) is 5.75 Å². The fourth-order valence-corrected chi connectivity index (χ4v) is 4.27. The smallest absolute Gasteiger partial charge is 0.453 e. The van der Waals surface area contributed by atoms with Crippen LogP contribution in [-0.4, -0.2) is 45.9 Å². The maximum atomic E-state index is 13.2. The Morgan fingerprint density at radius 2 is 2.16 bits per heavy atom. The molecule has 1 saturated heterocycles. The van der Waals surface area contributed by atoms with E-state index in [4.69, 9.17) is 4.74 Å². The van der Waals surface area contributed by atoms with E-state index in [9.17, 15) is 13.2 Å². The molecule has 0 amide bonds. The van der Waals surface area contributed by atoms with Gasteiger partial charge in [-0.2, -0.15) is 17.9 Å². The molecule has 1 aromatic heterocycles. The molecule has 31 heavy (non-hydrogen) atoms. The molecule has 2 heterocycles. The van der Waals surface area contributed by atoms with Gasteiger partial charge in [0.25, 0.3) is 5.82 Å². The fraction of sp³-hybridized carbons (Fsp3) is 0.476. The summed E-state index contributed by atoms with van der Waals surface area (Å²) in [5, 5.41) is 17.1. The summed E-state index contributed by atoms with van der Waals surface area (Å²) in [7, 11) is 1.54. The molecule has 1 aromatic carbocycles. The summed E-state index contributed by atoms with van der Waals surface area (Å²) < 4.78 is 45.8. The van der Waals surface area contributed by atoms with Gasteiger partial charge in [0.15, 0.2) is 0 Å². The van der Waals surface area contributed by atoms with Crippen molar-refractivity contribution in [1.29, 1.82) is 0 Å². The highest BCUT2D eigenvalue weighted by Gasteiger charge is 2.38. The van der Waals surface area contributed by atoms with Crippen LogP contribution in [-0.2, 0) is 12.7 Å². The lowest BCUT2D eigenvalue weighted by molar-refractivity contribution is -0.146. The zero-order valence-corrected chi connectivity index (χ0v) is 17.1. The molecule has 2 aromatic rings. The predicted molar refractivity (Wildman–Crippen MR) is 109 cm³/mol. The van der Waals surface area contributed by atoms with Crippen molar-refractivity contribution in [2.45, 2.75) is 44.1 Å². The number of nitrogens with zero attached hydrogens (tertiary/aromatic N) is 4. The maximum Gasteiger partial charge on any atom is 0.453 e. The van der Waals surface area contributed by atoms with E-state index in [-0.39, 0.29) is 11.7 Å². The maximum absolute atomic E-state index is 13.2. The zero-order valence-electron chi connectivity index (χ0n) is 17.1. The molecule has 7 nitrogen and oxygen atoms in total. The minimum atomic E-state index is -4.65. The van der Waals surface area contributed by atoms with Gasteiger partial charge in [-0.05, 0) is 60.4 Å². The van der Waals surface area contributed by atoms with Gasteiger partial charge in [0, 0.05) is 24.2 Å². The number of methoxy groups -OCH3 is 1. The number of hydrogen-bond donors (Lipinski definition) is 2. The quantitative estimate of drug-likeness (QED) is 0.728. The van der Waals surface area contributed by atoms with Gasteiger partial charge < -0.3 is 15.4 Å². The Kier molecular flexibility index (Phi) is 6.38. The van der Waals surface area contributed by atoms with Gasteiger partial charge in [-0.1, -0.05) is 24.3 Å². The van der Waals surface area contributed by atoms with Crippen molar-refractivity contribution in [3.8, 4) is 11.4 Å². The van der Waals surface area contributed by atoms with Crippen molar-refractivity contribution in [3.63, 3.8) is 0 Å². The summed E-state index contributed by atoms with van der Waals surface area (Å²) >= 11 is 0. The molecule has 10 heteroatoms. The highest BCUT2D eigenvalue weighted by Crippen LogP contribution is 2.30. The number of alkyl halides is 3. The number of halogens is 3. The van der Waals surface area contributed by atoms with Crippen LogP contribution in [0.4, 0.5) is 13.2 Å². The number of hydrogen-bond acceptors (Lipinski definition) is 6. The van der Waals surface area contributed by atoms with Crippen LogP contribution in [0.15, 0.2) is 42.5 Å². The number of rotatable bonds is 6. The lowest BCUT2D eigenvalue weighted by atomic mass is 9.84.